The standard InChI is InChI=1S/C12H11NO/c14-8-13-11-7-12(11)6-5-9-3-1-2-4-10(9)12/h1-4,11H,5-7H2/t11?,12-/m0/s1. The number of hydrogen-bond acceptors (Lipinski definition) is 2. The van der Waals surface area contributed by atoms with Crippen molar-refractivity contribution in [1.82, 2.24) is 0 Å². The van der Waals surface area contributed by atoms with Gasteiger partial charge in [-0.25, -0.2) is 9.79 Å². The Bertz CT molecular complexity index is 434. The van der Waals surface area contributed by atoms with E-state index in [0.29, 0.717) is 0 Å². The van der Waals surface area contributed by atoms with E-state index in [2.05, 4.69) is 29.3 Å². The topological polar surface area (TPSA) is 29.4 Å². The first kappa shape index (κ1) is 7.95. The van der Waals surface area contributed by atoms with Gasteiger partial charge in [-0.15, -0.1) is 0 Å². The molecule has 2 nitrogen and oxygen atoms in total. The maximum absolute atomic E-state index is 10.2. The second-order valence-corrected chi connectivity index (χ2v) is 4.25. The first-order chi connectivity index (χ1) is 6.87. The van der Waals surface area contributed by atoms with E-state index in [4.69, 9.17) is 0 Å². The van der Waals surface area contributed by atoms with Crippen LogP contribution in [0.2, 0.25) is 0 Å². The second-order valence-electron chi connectivity index (χ2n) is 4.25. The molecule has 0 saturated heterocycles. The first-order valence-corrected chi connectivity index (χ1v) is 5.02. The van der Waals surface area contributed by atoms with Crippen molar-refractivity contribution >= 4 is 6.08 Å². The zero-order valence-electron chi connectivity index (χ0n) is 7.86. The average molecular weight is 185 g/mol. The molecule has 2 heteroatoms. The van der Waals surface area contributed by atoms with Gasteiger partial charge in [-0.2, -0.15) is 0 Å². The van der Waals surface area contributed by atoms with E-state index in [1.54, 1.807) is 6.08 Å². The molecule has 3 rings (SSSR count). The summed E-state index contributed by atoms with van der Waals surface area (Å²) in [6, 6.07) is 8.74. The van der Waals surface area contributed by atoms with Crippen LogP contribution in [0.15, 0.2) is 29.3 Å². The van der Waals surface area contributed by atoms with E-state index in [1.807, 2.05) is 0 Å². The highest BCUT2D eigenvalue weighted by Crippen LogP contribution is 2.58. The molecular formula is C12H11NO. The van der Waals surface area contributed by atoms with Gasteiger partial charge in [-0.3, -0.25) is 0 Å². The van der Waals surface area contributed by atoms with Gasteiger partial charge in [-0.05, 0) is 30.4 Å². The minimum Gasteiger partial charge on any atom is -0.211 e. The van der Waals surface area contributed by atoms with Crippen molar-refractivity contribution in [3.05, 3.63) is 35.4 Å². The lowest BCUT2D eigenvalue weighted by Crippen LogP contribution is -2.06. The van der Waals surface area contributed by atoms with Crippen LogP contribution >= 0.6 is 0 Å². The lowest BCUT2D eigenvalue weighted by atomic mass is 9.98. The van der Waals surface area contributed by atoms with Gasteiger partial charge in [0.1, 0.15) is 0 Å². The molecule has 2 aliphatic rings. The Balaban J connectivity index is 2.04. The minimum absolute atomic E-state index is 0.212. The summed E-state index contributed by atoms with van der Waals surface area (Å²) < 4.78 is 0. The molecule has 0 heterocycles. The van der Waals surface area contributed by atoms with E-state index >= 15 is 0 Å². The van der Waals surface area contributed by atoms with Gasteiger partial charge in [-0.1, -0.05) is 24.3 Å². The third-order valence-electron chi connectivity index (χ3n) is 3.64. The van der Waals surface area contributed by atoms with E-state index in [9.17, 15) is 4.79 Å². The van der Waals surface area contributed by atoms with Gasteiger partial charge in [0.15, 0.2) is 0 Å². The van der Waals surface area contributed by atoms with E-state index in [1.165, 1.54) is 11.1 Å². The average Bonchev–Trinajstić information content (AvgIpc) is 2.77. The molecular weight excluding hydrogens is 174 g/mol. The van der Waals surface area contributed by atoms with Gasteiger partial charge < -0.3 is 0 Å². The molecule has 1 unspecified atom stereocenters. The molecule has 1 fully saturated rings. The number of isocyanates is 1. The van der Waals surface area contributed by atoms with Gasteiger partial charge in [0.25, 0.3) is 0 Å². The molecule has 0 aromatic heterocycles. The number of nitrogens with zero attached hydrogens (tertiary/aromatic N) is 1. The second kappa shape index (κ2) is 2.55. The number of benzene rings is 1. The van der Waals surface area contributed by atoms with Crippen LogP contribution in [0.25, 0.3) is 0 Å². The van der Waals surface area contributed by atoms with Crippen LogP contribution in [0, 0.1) is 0 Å². The molecule has 1 aromatic rings. The summed E-state index contributed by atoms with van der Waals surface area (Å²) in [6.45, 7) is 0. The largest absolute Gasteiger partial charge is 0.235 e. The molecule has 1 spiro atoms. The van der Waals surface area contributed by atoms with Gasteiger partial charge in [0.05, 0.1) is 6.04 Å². The summed E-state index contributed by atoms with van der Waals surface area (Å²) in [5.41, 5.74) is 3.08. The SMILES string of the molecule is O=C=NC1C[C@]12CCc1ccccc12. The number of fused-ring (bicyclic) bond motifs is 2. The molecule has 2 atom stereocenters. The van der Waals surface area contributed by atoms with Crippen LogP contribution in [0.5, 0.6) is 0 Å². The van der Waals surface area contributed by atoms with Crippen LogP contribution in [0.3, 0.4) is 0 Å². The molecule has 0 aliphatic heterocycles. The highest BCUT2D eigenvalue weighted by molar-refractivity contribution is 5.49. The molecule has 1 aromatic carbocycles. The van der Waals surface area contributed by atoms with Crippen LogP contribution in [-0.2, 0) is 16.6 Å². The van der Waals surface area contributed by atoms with Crippen molar-refractivity contribution in [2.24, 2.45) is 4.99 Å². The molecule has 70 valence electrons. The highest BCUT2D eigenvalue weighted by Gasteiger charge is 2.58. The van der Waals surface area contributed by atoms with E-state index in [0.717, 1.165) is 19.3 Å². The molecule has 0 amide bonds. The first-order valence-electron chi connectivity index (χ1n) is 5.02. The summed E-state index contributed by atoms with van der Waals surface area (Å²) in [5, 5.41) is 0. The maximum atomic E-state index is 10.2. The Morgan fingerprint density at radius 1 is 1.43 bits per heavy atom. The Hall–Kier alpha value is -1.40. The number of carbonyl (C=O) groups excluding carboxylic acids is 1. The van der Waals surface area contributed by atoms with Crippen LogP contribution in [-0.4, -0.2) is 12.1 Å². The van der Waals surface area contributed by atoms with E-state index in [-0.39, 0.29) is 11.5 Å². The third kappa shape index (κ3) is 0.865. The fourth-order valence-corrected chi connectivity index (χ4v) is 2.79. The zero-order chi connectivity index (χ0) is 9.60. The number of rotatable bonds is 1. The minimum atomic E-state index is 0.212. The molecule has 0 N–H and O–H groups in total. The number of aliphatic imine (C=N–C) groups is 1. The quantitative estimate of drug-likeness (QED) is 0.486. The van der Waals surface area contributed by atoms with Gasteiger partial charge >= 0.3 is 0 Å². The van der Waals surface area contributed by atoms with Crippen molar-refractivity contribution in [1.29, 1.82) is 0 Å². The smallest absolute Gasteiger partial charge is 0.211 e. The lowest BCUT2D eigenvalue weighted by Gasteiger charge is -2.07. The van der Waals surface area contributed by atoms with Crippen molar-refractivity contribution in [2.45, 2.75) is 30.7 Å². The third-order valence-corrected chi connectivity index (χ3v) is 3.64. The molecule has 2 aliphatic carbocycles. The van der Waals surface area contributed by atoms with E-state index < -0.39 is 0 Å². The predicted molar refractivity (Wildman–Crippen MR) is 53.0 cm³/mol. The predicted octanol–water partition coefficient (Wildman–Crippen LogP) is 1.98. The normalized spacial score (nSPS) is 32.4. The summed E-state index contributed by atoms with van der Waals surface area (Å²) in [5.74, 6) is 0. The Kier molecular flexibility index (Phi) is 1.45. The van der Waals surface area contributed by atoms with Crippen molar-refractivity contribution in [3.63, 3.8) is 0 Å². The summed E-state index contributed by atoms with van der Waals surface area (Å²) in [4.78, 5) is 14.1. The fraction of sp³-hybridized carbons (Fsp3) is 0.417. The summed E-state index contributed by atoms with van der Waals surface area (Å²) >= 11 is 0. The fourth-order valence-electron chi connectivity index (χ4n) is 2.79. The highest BCUT2D eigenvalue weighted by atomic mass is 16.1. The molecule has 0 radical (unpaired) electrons. The Morgan fingerprint density at radius 3 is 3.14 bits per heavy atom. The van der Waals surface area contributed by atoms with Gasteiger partial charge in [0.2, 0.25) is 6.08 Å². The Labute approximate surface area is 82.7 Å². The van der Waals surface area contributed by atoms with Crippen molar-refractivity contribution in [3.8, 4) is 0 Å². The molecule has 14 heavy (non-hydrogen) atoms. The number of aryl methyl sites for hydroxylation is 1. The van der Waals surface area contributed by atoms with Crippen LogP contribution < -0.4 is 0 Å². The molecule has 0 bridgehead atoms. The van der Waals surface area contributed by atoms with Crippen LogP contribution in [0.1, 0.15) is 24.0 Å². The lowest BCUT2D eigenvalue weighted by molar-refractivity contribution is 0.559. The summed E-state index contributed by atoms with van der Waals surface area (Å²) in [7, 11) is 0. The maximum Gasteiger partial charge on any atom is 0.235 e. The zero-order valence-corrected chi connectivity index (χ0v) is 7.86. The Morgan fingerprint density at radius 2 is 2.29 bits per heavy atom. The number of hydrogen-bond donors (Lipinski definition) is 0. The molecule has 1 saturated carbocycles. The van der Waals surface area contributed by atoms with Crippen molar-refractivity contribution in [2.75, 3.05) is 0 Å². The van der Waals surface area contributed by atoms with Crippen molar-refractivity contribution < 1.29 is 4.79 Å². The summed E-state index contributed by atoms with van der Waals surface area (Å²) in [6.07, 6.45) is 5.02. The van der Waals surface area contributed by atoms with Gasteiger partial charge in [0, 0.05) is 5.41 Å². The van der Waals surface area contributed by atoms with Crippen LogP contribution in [0.4, 0.5) is 0 Å². The monoisotopic (exact) mass is 185 g/mol.